The van der Waals surface area contributed by atoms with Crippen LogP contribution < -0.4 is 5.32 Å². The van der Waals surface area contributed by atoms with Crippen molar-refractivity contribution in [2.24, 2.45) is 0 Å². The van der Waals surface area contributed by atoms with Crippen LogP contribution in [-0.4, -0.2) is 40.0 Å². The van der Waals surface area contributed by atoms with Gasteiger partial charge in [-0.2, -0.15) is 9.61 Å². The van der Waals surface area contributed by atoms with Gasteiger partial charge in [-0.05, 0) is 32.4 Å². The average molecular weight is 295 g/mol. The van der Waals surface area contributed by atoms with Gasteiger partial charge in [-0.1, -0.05) is 24.7 Å². The van der Waals surface area contributed by atoms with E-state index in [1.807, 2.05) is 4.52 Å². The standard InChI is InChI=1S/C13H21N5OS/c1-3-4-13(5-7-14-8-6-13)11-17-18-10(9-19-2)15-16-12(18)20-11/h14H,3-9H2,1-2H3. The third-order valence-electron chi connectivity index (χ3n) is 4.07. The molecule has 0 saturated carbocycles. The Bertz CT molecular complexity index is 567. The van der Waals surface area contributed by atoms with Gasteiger partial charge in [0.05, 0.1) is 0 Å². The Balaban J connectivity index is 1.98. The number of nitrogens with zero attached hydrogens (tertiary/aromatic N) is 4. The predicted octanol–water partition coefficient (Wildman–Crippen LogP) is 1.75. The molecule has 0 bridgehead atoms. The van der Waals surface area contributed by atoms with Gasteiger partial charge in [0, 0.05) is 12.5 Å². The molecule has 0 radical (unpaired) electrons. The number of hydrogen-bond acceptors (Lipinski definition) is 6. The molecule has 20 heavy (non-hydrogen) atoms. The number of piperidine rings is 1. The summed E-state index contributed by atoms with van der Waals surface area (Å²) in [4.78, 5) is 0.876. The van der Waals surface area contributed by atoms with E-state index >= 15 is 0 Å². The van der Waals surface area contributed by atoms with Crippen molar-refractivity contribution in [3.8, 4) is 0 Å². The largest absolute Gasteiger partial charge is 0.377 e. The van der Waals surface area contributed by atoms with Crippen LogP contribution in [0.3, 0.4) is 0 Å². The first-order valence-electron chi connectivity index (χ1n) is 7.20. The molecule has 0 spiro atoms. The summed E-state index contributed by atoms with van der Waals surface area (Å²) in [6.45, 7) is 4.85. The maximum Gasteiger partial charge on any atom is 0.234 e. The van der Waals surface area contributed by atoms with E-state index in [1.165, 1.54) is 17.8 Å². The van der Waals surface area contributed by atoms with Gasteiger partial charge in [0.2, 0.25) is 4.96 Å². The van der Waals surface area contributed by atoms with Crippen molar-refractivity contribution in [3.05, 3.63) is 10.8 Å². The summed E-state index contributed by atoms with van der Waals surface area (Å²) in [7, 11) is 1.67. The molecule has 0 unspecified atom stereocenters. The van der Waals surface area contributed by atoms with Gasteiger partial charge in [-0.3, -0.25) is 0 Å². The molecule has 1 N–H and O–H groups in total. The first kappa shape index (κ1) is 13.9. The minimum Gasteiger partial charge on any atom is -0.377 e. The van der Waals surface area contributed by atoms with Gasteiger partial charge in [-0.25, -0.2) is 0 Å². The van der Waals surface area contributed by atoms with Gasteiger partial charge in [0.25, 0.3) is 0 Å². The van der Waals surface area contributed by atoms with Crippen molar-refractivity contribution in [2.75, 3.05) is 20.2 Å². The fourth-order valence-corrected chi connectivity index (χ4v) is 4.18. The highest BCUT2D eigenvalue weighted by molar-refractivity contribution is 7.16. The van der Waals surface area contributed by atoms with E-state index in [2.05, 4.69) is 22.4 Å². The molecule has 1 aliphatic rings. The van der Waals surface area contributed by atoms with Crippen LogP contribution in [0.1, 0.15) is 43.4 Å². The summed E-state index contributed by atoms with van der Waals surface area (Å²) in [6, 6.07) is 0. The van der Waals surface area contributed by atoms with E-state index < -0.39 is 0 Å². The van der Waals surface area contributed by atoms with Gasteiger partial charge >= 0.3 is 0 Å². The zero-order chi connectivity index (χ0) is 14.0. The van der Waals surface area contributed by atoms with Crippen LogP contribution in [0, 0.1) is 0 Å². The molecule has 7 heteroatoms. The van der Waals surface area contributed by atoms with Gasteiger partial charge in [0.15, 0.2) is 5.82 Å². The van der Waals surface area contributed by atoms with E-state index in [9.17, 15) is 0 Å². The monoisotopic (exact) mass is 295 g/mol. The summed E-state index contributed by atoms with van der Waals surface area (Å²) in [5, 5.41) is 17.8. The molecule has 0 atom stereocenters. The predicted molar refractivity (Wildman–Crippen MR) is 78.1 cm³/mol. The Morgan fingerprint density at radius 2 is 2.15 bits per heavy atom. The summed E-state index contributed by atoms with van der Waals surface area (Å²) in [5.74, 6) is 0.783. The number of methoxy groups -OCH3 is 1. The molecule has 110 valence electrons. The number of aromatic nitrogens is 4. The van der Waals surface area contributed by atoms with Crippen LogP contribution in [0.5, 0.6) is 0 Å². The van der Waals surface area contributed by atoms with Crippen molar-refractivity contribution >= 4 is 16.3 Å². The SMILES string of the molecule is CCCC1(c2nn3c(COC)nnc3s2)CCNCC1. The minimum absolute atomic E-state index is 0.218. The lowest BCUT2D eigenvalue weighted by Crippen LogP contribution is -2.39. The molecule has 2 aromatic heterocycles. The first-order chi connectivity index (χ1) is 9.79. The topological polar surface area (TPSA) is 64.3 Å². The zero-order valence-corrected chi connectivity index (χ0v) is 12.9. The molecule has 2 aromatic rings. The lowest BCUT2D eigenvalue weighted by molar-refractivity contribution is 0.175. The Labute approximate surface area is 122 Å². The zero-order valence-electron chi connectivity index (χ0n) is 12.1. The molecule has 0 amide bonds. The normalized spacial score (nSPS) is 18.7. The van der Waals surface area contributed by atoms with Gasteiger partial charge in [-0.15, -0.1) is 10.2 Å². The number of hydrogen-bond donors (Lipinski definition) is 1. The van der Waals surface area contributed by atoms with Crippen molar-refractivity contribution in [1.82, 2.24) is 25.1 Å². The summed E-state index contributed by atoms with van der Waals surface area (Å²) in [5.41, 5.74) is 0.218. The summed E-state index contributed by atoms with van der Waals surface area (Å²) in [6.07, 6.45) is 4.69. The summed E-state index contributed by atoms with van der Waals surface area (Å²) < 4.78 is 7.00. The highest BCUT2D eigenvalue weighted by Gasteiger charge is 2.36. The second-order valence-electron chi connectivity index (χ2n) is 5.43. The quantitative estimate of drug-likeness (QED) is 0.910. The van der Waals surface area contributed by atoms with Crippen LogP contribution in [0.25, 0.3) is 4.96 Å². The Morgan fingerprint density at radius 1 is 1.35 bits per heavy atom. The van der Waals surface area contributed by atoms with Crippen LogP contribution in [0.4, 0.5) is 0 Å². The van der Waals surface area contributed by atoms with Crippen LogP contribution >= 0.6 is 11.3 Å². The fourth-order valence-electron chi connectivity index (χ4n) is 3.05. The van der Waals surface area contributed by atoms with E-state index in [4.69, 9.17) is 9.84 Å². The van der Waals surface area contributed by atoms with Crippen molar-refractivity contribution in [2.45, 2.75) is 44.6 Å². The average Bonchev–Trinajstić information content (AvgIpc) is 3.03. The number of fused-ring (bicyclic) bond motifs is 1. The molecular formula is C13H21N5OS. The van der Waals surface area contributed by atoms with Crippen molar-refractivity contribution < 1.29 is 4.74 Å². The third kappa shape index (κ3) is 2.34. The Hall–Kier alpha value is -1.05. The number of ether oxygens (including phenoxy) is 1. The lowest BCUT2D eigenvalue weighted by atomic mass is 9.76. The molecule has 1 fully saturated rings. The van der Waals surface area contributed by atoms with E-state index in [-0.39, 0.29) is 5.41 Å². The first-order valence-corrected chi connectivity index (χ1v) is 8.02. The molecule has 1 aliphatic heterocycles. The molecule has 6 nitrogen and oxygen atoms in total. The number of rotatable bonds is 5. The molecule has 0 aromatic carbocycles. The van der Waals surface area contributed by atoms with Crippen molar-refractivity contribution in [3.63, 3.8) is 0 Å². The fraction of sp³-hybridized carbons (Fsp3) is 0.769. The minimum atomic E-state index is 0.218. The lowest BCUT2D eigenvalue weighted by Gasteiger charge is -2.35. The summed E-state index contributed by atoms with van der Waals surface area (Å²) >= 11 is 1.68. The number of nitrogens with one attached hydrogen (secondary N) is 1. The van der Waals surface area contributed by atoms with E-state index in [0.29, 0.717) is 6.61 Å². The maximum atomic E-state index is 5.15. The van der Waals surface area contributed by atoms with Crippen LogP contribution in [0.2, 0.25) is 0 Å². The second kappa shape index (κ2) is 5.75. The van der Waals surface area contributed by atoms with Crippen LogP contribution in [0.15, 0.2) is 0 Å². The van der Waals surface area contributed by atoms with E-state index in [1.54, 1.807) is 18.4 Å². The smallest absolute Gasteiger partial charge is 0.234 e. The van der Waals surface area contributed by atoms with E-state index in [0.717, 1.165) is 36.7 Å². The van der Waals surface area contributed by atoms with Crippen molar-refractivity contribution in [1.29, 1.82) is 0 Å². The molecule has 3 heterocycles. The van der Waals surface area contributed by atoms with Gasteiger partial charge < -0.3 is 10.1 Å². The highest BCUT2D eigenvalue weighted by Crippen LogP contribution is 2.39. The highest BCUT2D eigenvalue weighted by atomic mass is 32.1. The second-order valence-corrected chi connectivity index (χ2v) is 6.39. The molecule has 1 saturated heterocycles. The molecular weight excluding hydrogens is 274 g/mol. The Kier molecular flexibility index (Phi) is 4.00. The maximum absolute atomic E-state index is 5.15. The molecule has 0 aliphatic carbocycles. The van der Waals surface area contributed by atoms with Crippen LogP contribution in [-0.2, 0) is 16.8 Å². The molecule has 3 rings (SSSR count). The van der Waals surface area contributed by atoms with Gasteiger partial charge in [0.1, 0.15) is 11.6 Å². The Morgan fingerprint density at radius 3 is 2.85 bits per heavy atom. The third-order valence-corrected chi connectivity index (χ3v) is 5.22.